The van der Waals surface area contributed by atoms with Crippen molar-refractivity contribution in [1.82, 2.24) is 15.5 Å². The van der Waals surface area contributed by atoms with Crippen molar-refractivity contribution in [3.63, 3.8) is 0 Å². The first-order valence-corrected chi connectivity index (χ1v) is 9.25. The molecule has 0 saturated carbocycles. The Hall–Kier alpha value is -2.01. The fourth-order valence-electron chi connectivity index (χ4n) is 3.18. The van der Waals surface area contributed by atoms with E-state index < -0.39 is 0 Å². The van der Waals surface area contributed by atoms with Crippen molar-refractivity contribution >= 4 is 5.96 Å². The molecule has 1 aromatic carbocycles. The van der Waals surface area contributed by atoms with E-state index >= 15 is 0 Å². The molecule has 0 radical (unpaired) electrons. The van der Waals surface area contributed by atoms with Crippen LogP contribution in [0.3, 0.4) is 0 Å². The fraction of sp³-hybridized carbons (Fsp3) is 0.550. The number of likely N-dealkylation sites (tertiary alicyclic amines) is 1. The lowest BCUT2D eigenvalue weighted by Gasteiger charge is -2.17. The van der Waals surface area contributed by atoms with Gasteiger partial charge >= 0.3 is 0 Å². The number of para-hydroxylation sites is 1. The molecule has 0 spiro atoms. The van der Waals surface area contributed by atoms with E-state index in [0.717, 1.165) is 23.8 Å². The second kappa shape index (κ2) is 10.8. The van der Waals surface area contributed by atoms with Gasteiger partial charge < -0.3 is 20.3 Å². The lowest BCUT2D eigenvalue weighted by atomic mass is 10.1. The molecule has 2 rings (SSSR count). The molecule has 2 N–H and O–H groups in total. The van der Waals surface area contributed by atoms with E-state index in [1.807, 2.05) is 25.2 Å². The highest BCUT2D eigenvalue weighted by molar-refractivity contribution is 5.79. The van der Waals surface area contributed by atoms with Gasteiger partial charge in [0.05, 0.1) is 0 Å². The van der Waals surface area contributed by atoms with Crippen LogP contribution in [0.5, 0.6) is 5.75 Å². The third-order valence-corrected chi connectivity index (χ3v) is 4.47. The van der Waals surface area contributed by atoms with Crippen molar-refractivity contribution in [1.29, 1.82) is 0 Å². The molecule has 5 heteroatoms. The Morgan fingerprint density at radius 1 is 1.40 bits per heavy atom. The minimum absolute atomic E-state index is 0.514. The molecule has 1 fully saturated rings. The molecule has 25 heavy (non-hydrogen) atoms. The molecule has 5 nitrogen and oxygen atoms in total. The summed E-state index contributed by atoms with van der Waals surface area (Å²) < 4.78 is 5.70. The molecule has 0 aliphatic carbocycles. The SMILES string of the molecule is C=CCOc1ccccc1CNC(=NC)NCC1CCN(CCC)C1. The van der Waals surface area contributed by atoms with E-state index in [-0.39, 0.29) is 0 Å². The molecular weight excluding hydrogens is 312 g/mol. The van der Waals surface area contributed by atoms with Gasteiger partial charge in [-0.15, -0.1) is 0 Å². The van der Waals surface area contributed by atoms with E-state index in [1.54, 1.807) is 6.08 Å². The molecule has 1 atom stereocenters. The fourth-order valence-corrected chi connectivity index (χ4v) is 3.18. The Balaban J connectivity index is 1.78. The van der Waals surface area contributed by atoms with Crippen molar-refractivity contribution in [2.45, 2.75) is 26.3 Å². The van der Waals surface area contributed by atoms with Gasteiger partial charge in [-0.2, -0.15) is 0 Å². The first-order chi connectivity index (χ1) is 12.3. The van der Waals surface area contributed by atoms with Crippen LogP contribution in [-0.2, 0) is 6.54 Å². The van der Waals surface area contributed by atoms with Crippen LogP contribution in [0.2, 0.25) is 0 Å². The zero-order valence-corrected chi connectivity index (χ0v) is 15.6. The molecule has 1 aliphatic heterocycles. The highest BCUT2D eigenvalue weighted by atomic mass is 16.5. The first kappa shape index (κ1) is 19.3. The summed E-state index contributed by atoms with van der Waals surface area (Å²) in [6.45, 7) is 11.7. The zero-order chi connectivity index (χ0) is 17.9. The average Bonchev–Trinajstić information content (AvgIpc) is 3.08. The molecule has 1 aromatic rings. The smallest absolute Gasteiger partial charge is 0.191 e. The second-order valence-electron chi connectivity index (χ2n) is 6.47. The number of ether oxygens (including phenoxy) is 1. The highest BCUT2D eigenvalue weighted by Gasteiger charge is 2.21. The third kappa shape index (κ3) is 6.42. The topological polar surface area (TPSA) is 48.9 Å². The molecular formula is C20H32N4O. The lowest BCUT2D eigenvalue weighted by molar-refractivity contribution is 0.324. The van der Waals surface area contributed by atoms with Gasteiger partial charge in [-0.3, -0.25) is 4.99 Å². The van der Waals surface area contributed by atoms with Crippen LogP contribution in [0.25, 0.3) is 0 Å². The molecule has 138 valence electrons. The number of nitrogens with one attached hydrogen (secondary N) is 2. The highest BCUT2D eigenvalue weighted by Crippen LogP contribution is 2.18. The van der Waals surface area contributed by atoms with Gasteiger partial charge in [0.25, 0.3) is 0 Å². The molecule has 0 amide bonds. The third-order valence-electron chi connectivity index (χ3n) is 4.47. The van der Waals surface area contributed by atoms with Crippen molar-refractivity contribution in [3.05, 3.63) is 42.5 Å². The van der Waals surface area contributed by atoms with E-state index in [1.165, 1.54) is 32.5 Å². The molecule has 0 bridgehead atoms. The minimum Gasteiger partial charge on any atom is -0.489 e. The molecule has 0 aromatic heterocycles. The Morgan fingerprint density at radius 3 is 3.00 bits per heavy atom. The quantitative estimate of drug-likeness (QED) is 0.411. The number of hydrogen-bond donors (Lipinski definition) is 2. The standard InChI is InChI=1S/C20H32N4O/c1-4-11-24-12-10-17(16-24)14-22-20(21-3)23-15-18-8-6-7-9-19(18)25-13-5-2/h5-9,17H,2,4,10-16H2,1,3H3,(H2,21,22,23). The van der Waals surface area contributed by atoms with Gasteiger partial charge in [0, 0.05) is 32.2 Å². The van der Waals surface area contributed by atoms with Crippen LogP contribution >= 0.6 is 0 Å². The molecule has 1 aliphatic rings. The van der Waals surface area contributed by atoms with Crippen molar-refractivity contribution in [2.75, 3.05) is 39.8 Å². The number of guanidine groups is 1. The van der Waals surface area contributed by atoms with Gasteiger partial charge in [-0.05, 0) is 37.9 Å². The summed E-state index contributed by atoms with van der Waals surface area (Å²) in [5, 5.41) is 6.84. The Morgan fingerprint density at radius 2 is 2.24 bits per heavy atom. The van der Waals surface area contributed by atoms with Gasteiger partial charge in [-0.25, -0.2) is 0 Å². The summed E-state index contributed by atoms with van der Waals surface area (Å²) in [6, 6.07) is 8.06. The summed E-state index contributed by atoms with van der Waals surface area (Å²) in [5.74, 6) is 2.43. The summed E-state index contributed by atoms with van der Waals surface area (Å²) >= 11 is 0. The van der Waals surface area contributed by atoms with Crippen molar-refractivity contribution in [3.8, 4) is 5.75 Å². The predicted octanol–water partition coefficient (Wildman–Crippen LogP) is 2.65. The number of nitrogens with zero attached hydrogens (tertiary/aromatic N) is 2. The zero-order valence-electron chi connectivity index (χ0n) is 15.6. The van der Waals surface area contributed by atoms with Crippen LogP contribution < -0.4 is 15.4 Å². The van der Waals surface area contributed by atoms with Crippen LogP contribution in [0, 0.1) is 5.92 Å². The van der Waals surface area contributed by atoms with Crippen LogP contribution in [0.15, 0.2) is 41.9 Å². The number of benzene rings is 1. The molecule has 1 saturated heterocycles. The van der Waals surface area contributed by atoms with E-state index in [0.29, 0.717) is 19.1 Å². The second-order valence-corrected chi connectivity index (χ2v) is 6.47. The van der Waals surface area contributed by atoms with Crippen LogP contribution in [-0.4, -0.2) is 50.7 Å². The maximum atomic E-state index is 5.70. The van der Waals surface area contributed by atoms with Crippen molar-refractivity contribution < 1.29 is 4.74 Å². The Labute approximate surface area is 152 Å². The maximum absolute atomic E-state index is 5.70. The number of rotatable bonds is 9. The Kier molecular flexibility index (Phi) is 8.32. The summed E-state index contributed by atoms with van der Waals surface area (Å²) in [4.78, 5) is 6.89. The average molecular weight is 345 g/mol. The van der Waals surface area contributed by atoms with E-state index in [9.17, 15) is 0 Å². The van der Waals surface area contributed by atoms with Gasteiger partial charge in [0.15, 0.2) is 5.96 Å². The number of hydrogen-bond acceptors (Lipinski definition) is 3. The first-order valence-electron chi connectivity index (χ1n) is 9.25. The minimum atomic E-state index is 0.514. The maximum Gasteiger partial charge on any atom is 0.191 e. The van der Waals surface area contributed by atoms with Gasteiger partial charge in [-0.1, -0.05) is 37.8 Å². The van der Waals surface area contributed by atoms with Crippen LogP contribution in [0.1, 0.15) is 25.3 Å². The predicted molar refractivity (Wildman–Crippen MR) is 105 cm³/mol. The molecule has 1 unspecified atom stereocenters. The van der Waals surface area contributed by atoms with Gasteiger partial charge in [0.2, 0.25) is 0 Å². The lowest BCUT2D eigenvalue weighted by Crippen LogP contribution is -2.40. The Bertz CT molecular complexity index is 558. The number of aliphatic imine (C=N–C) groups is 1. The molecule has 1 heterocycles. The monoisotopic (exact) mass is 344 g/mol. The van der Waals surface area contributed by atoms with Crippen molar-refractivity contribution in [2.24, 2.45) is 10.9 Å². The van der Waals surface area contributed by atoms with E-state index in [2.05, 4.69) is 40.1 Å². The van der Waals surface area contributed by atoms with E-state index in [4.69, 9.17) is 4.74 Å². The van der Waals surface area contributed by atoms with Crippen LogP contribution in [0.4, 0.5) is 0 Å². The largest absolute Gasteiger partial charge is 0.489 e. The summed E-state index contributed by atoms with van der Waals surface area (Å²) in [7, 11) is 1.81. The van der Waals surface area contributed by atoms with Gasteiger partial charge in [0.1, 0.15) is 12.4 Å². The summed E-state index contributed by atoms with van der Waals surface area (Å²) in [5.41, 5.74) is 1.11. The normalized spacial score (nSPS) is 18.2. The summed E-state index contributed by atoms with van der Waals surface area (Å²) in [6.07, 6.45) is 4.26.